The molecule has 2 aromatic rings. The van der Waals surface area contributed by atoms with E-state index in [0.717, 1.165) is 21.2 Å². The van der Waals surface area contributed by atoms with Crippen molar-refractivity contribution in [2.24, 2.45) is 5.92 Å². The van der Waals surface area contributed by atoms with Crippen LogP contribution in [0.5, 0.6) is 0 Å². The second-order valence-electron chi connectivity index (χ2n) is 7.35. The van der Waals surface area contributed by atoms with Gasteiger partial charge in [-0.2, -0.15) is 0 Å². The van der Waals surface area contributed by atoms with Crippen LogP contribution in [-0.2, 0) is 9.59 Å². The molecule has 1 fully saturated rings. The average Bonchev–Trinajstić information content (AvgIpc) is 2.70. The third-order valence-corrected chi connectivity index (χ3v) is 5.80. The molecule has 2 amide bonds. The van der Waals surface area contributed by atoms with Gasteiger partial charge in [0.2, 0.25) is 0 Å². The maximum absolute atomic E-state index is 12.6. The number of carbonyl (C=O) groups excluding carboxylic acids is 2. The largest absolute Gasteiger partial charge is 0.388 e. The highest BCUT2D eigenvalue weighted by molar-refractivity contribution is 9.10. The zero-order chi connectivity index (χ0) is 20.3. The number of rotatable bonds is 3. The highest BCUT2D eigenvalue weighted by Gasteiger charge is 2.31. The Morgan fingerprint density at radius 3 is 2.25 bits per heavy atom. The maximum Gasteiger partial charge on any atom is 0.313 e. The first-order chi connectivity index (χ1) is 13.4. The lowest BCUT2D eigenvalue weighted by Gasteiger charge is -2.34. The van der Waals surface area contributed by atoms with Crippen molar-refractivity contribution < 1.29 is 14.7 Å². The Kier molecular flexibility index (Phi) is 6.52. The number of benzene rings is 2. The Balaban J connectivity index is 1.58. The van der Waals surface area contributed by atoms with E-state index in [1.54, 1.807) is 4.90 Å². The smallest absolute Gasteiger partial charge is 0.313 e. The number of nitrogens with zero attached hydrogens (tertiary/aromatic N) is 1. The standard InChI is InChI=1S/C22H25BrN2O3/c1-14-12-18(23)13-15(2)19(14)24-21(27)22(28)25-10-8-17(9-11-25)20(26)16-6-4-3-5-7-16/h3-7,12-13,17,20,26H,8-11H2,1-2H3,(H,24,27)/t20-/m0/s1. The van der Waals surface area contributed by atoms with Gasteiger partial charge in [0.05, 0.1) is 6.10 Å². The summed E-state index contributed by atoms with van der Waals surface area (Å²) in [6, 6.07) is 13.4. The summed E-state index contributed by atoms with van der Waals surface area (Å²) in [5, 5.41) is 13.3. The van der Waals surface area contributed by atoms with Crippen molar-refractivity contribution in [3.63, 3.8) is 0 Å². The first kappa shape index (κ1) is 20.6. The number of nitrogens with one attached hydrogen (secondary N) is 1. The first-order valence-electron chi connectivity index (χ1n) is 9.47. The number of aryl methyl sites for hydroxylation is 2. The van der Waals surface area contributed by atoms with Crippen LogP contribution >= 0.6 is 15.9 Å². The minimum atomic E-state index is -0.615. The topological polar surface area (TPSA) is 69.6 Å². The van der Waals surface area contributed by atoms with Gasteiger partial charge in [-0.3, -0.25) is 9.59 Å². The lowest BCUT2D eigenvalue weighted by molar-refractivity contribution is -0.144. The molecule has 1 atom stereocenters. The first-order valence-corrected chi connectivity index (χ1v) is 10.3. The average molecular weight is 445 g/mol. The molecule has 0 bridgehead atoms. The van der Waals surface area contributed by atoms with Crippen LogP contribution in [0, 0.1) is 19.8 Å². The summed E-state index contributed by atoms with van der Waals surface area (Å²) < 4.78 is 0.936. The molecule has 1 aliphatic rings. The molecule has 1 aliphatic heterocycles. The van der Waals surface area contributed by atoms with E-state index in [4.69, 9.17) is 0 Å². The molecule has 148 valence electrons. The molecule has 0 saturated carbocycles. The number of piperidine rings is 1. The zero-order valence-corrected chi connectivity index (χ0v) is 17.7. The van der Waals surface area contributed by atoms with E-state index in [1.807, 2.05) is 56.3 Å². The molecule has 2 aromatic carbocycles. The number of amides is 2. The van der Waals surface area contributed by atoms with Gasteiger partial charge < -0.3 is 15.3 Å². The summed E-state index contributed by atoms with van der Waals surface area (Å²) in [5.41, 5.74) is 3.37. The van der Waals surface area contributed by atoms with Gasteiger partial charge in [-0.15, -0.1) is 0 Å². The van der Waals surface area contributed by atoms with Gasteiger partial charge in [0, 0.05) is 23.2 Å². The molecule has 0 aliphatic carbocycles. The Hall–Kier alpha value is -2.18. The lowest BCUT2D eigenvalue weighted by atomic mass is 9.87. The van der Waals surface area contributed by atoms with Crippen LogP contribution in [0.15, 0.2) is 46.9 Å². The Labute approximate surface area is 173 Å². The summed E-state index contributed by atoms with van der Waals surface area (Å²) >= 11 is 3.43. The number of halogens is 1. The molecule has 6 heteroatoms. The molecule has 2 N–H and O–H groups in total. The molecule has 28 heavy (non-hydrogen) atoms. The van der Waals surface area contributed by atoms with Crippen molar-refractivity contribution in [1.82, 2.24) is 4.90 Å². The Morgan fingerprint density at radius 1 is 1.11 bits per heavy atom. The second-order valence-corrected chi connectivity index (χ2v) is 8.27. The Morgan fingerprint density at radius 2 is 1.68 bits per heavy atom. The van der Waals surface area contributed by atoms with E-state index in [9.17, 15) is 14.7 Å². The summed E-state index contributed by atoms with van der Waals surface area (Å²) in [7, 11) is 0. The van der Waals surface area contributed by atoms with Crippen LogP contribution in [0.4, 0.5) is 5.69 Å². The van der Waals surface area contributed by atoms with E-state index in [0.29, 0.717) is 31.6 Å². The normalized spacial score (nSPS) is 15.9. The van der Waals surface area contributed by atoms with E-state index in [1.165, 1.54) is 0 Å². The van der Waals surface area contributed by atoms with Gasteiger partial charge in [0.1, 0.15) is 0 Å². The maximum atomic E-state index is 12.6. The van der Waals surface area contributed by atoms with E-state index in [2.05, 4.69) is 21.2 Å². The predicted molar refractivity (Wildman–Crippen MR) is 113 cm³/mol. The summed E-state index contributed by atoms with van der Waals surface area (Å²) in [4.78, 5) is 26.6. The molecule has 0 spiro atoms. The zero-order valence-electron chi connectivity index (χ0n) is 16.1. The van der Waals surface area contributed by atoms with Crippen molar-refractivity contribution in [1.29, 1.82) is 0 Å². The number of hydrogen-bond acceptors (Lipinski definition) is 3. The number of likely N-dealkylation sites (tertiary alicyclic amines) is 1. The third-order valence-electron chi connectivity index (χ3n) is 5.34. The van der Waals surface area contributed by atoms with Crippen molar-refractivity contribution in [3.05, 3.63) is 63.6 Å². The number of aliphatic hydroxyl groups excluding tert-OH is 1. The van der Waals surface area contributed by atoms with Gasteiger partial charge in [0.25, 0.3) is 0 Å². The fourth-order valence-electron chi connectivity index (χ4n) is 3.76. The summed E-state index contributed by atoms with van der Waals surface area (Å²) in [5.74, 6) is -1.05. The molecule has 0 radical (unpaired) electrons. The van der Waals surface area contributed by atoms with Crippen LogP contribution in [0.1, 0.15) is 35.6 Å². The fourth-order valence-corrected chi connectivity index (χ4v) is 4.45. The monoisotopic (exact) mass is 444 g/mol. The van der Waals surface area contributed by atoms with Crippen LogP contribution in [0.2, 0.25) is 0 Å². The van der Waals surface area contributed by atoms with Gasteiger partial charge in [-0.05, 0) is 61.4 Å². The molecule has 0 aromatic heterocycles. The predicted octanol–water partition coefficient (Wildman–Crippen LogP) is 3.98. The summed E-state index contributed by atoms with van der Waals surface area (Å²) in [6.45, 7) is 4.74. The quantitative estimate of drug-likeness (QED) is 0.703. The highest BCUT2D eigenvalue weighted by Crippen LogP contribution is 2.31. The SMILES string of the molecule is Cc1cc(Br)cc(C)c1NC(=O)C(=O)N1CCC([C@@H](O)c2ccccc2)CC1. The van der Waals surface area contributed by atoms with Crippen LogP contribution < -0.4 is 5.32 Å². The van der Waals surface area contributed by atoms with E-state index in [-0.39, 0.29) is 5.92 Å². The fraction of sp³-hybridized carbons (Fsp3) is 0.364. The van der Waals surface area contributed by atoms with Gasteiger partial charge in [-0.1, -0.05) is 46.3 Å². The van der Waals surface area contributed by atoms with Crippen molar-refractivity contribution in [2.45, 2.75) is 32.8 Å². The van der Waals surface area contributed by atoms with Crippen molar-refractivity contribution in [3.8, 4) is 0 Å². The molecule has 3 rings (SSSR count). The molecule has 5 nitrogen and oxygen atoms in total. The number of anilines is 1. The van der Waals surface area contributed by atoms with Gasteiger partial charge in [-0.25, -0.2) is 0 Å². The van der Waals surface area contributed by atoms with Crippen LogP contribution in [0.3, 0.4) is 0 Å². The second kappa shape index (κ2) is 8.88. The van der Waals surface area contributed by atoms with Crippen molar-refractivity contribution in [2.75, 3.05) is 18.4 Å². The third kappa shape index (κ3) is 4.62. The lowest BCUT2D eigenvalue weighted by Crippen LogP contribution is -2.45. The summed E-state index contributed by atoms with van der Waals surface area (Å²) in [6.07, 6.45) is 0.803. The number of hydrogen-bond donors (Lipinski definition) is 2. The van der Waals surface area contributed by atoms with Crippen LogP contribution in [0.25, 0.3) is 0 Å². The highest BCUT2D eigenvalue weighted by atomic mass is 79.9. The molecule has 0 unspecified atom stereocenters. The molecular formula is C22H25BrN2O3. The molecule has 1 heterocycles. The van der Waals surface area contributed by atoms with E-state index < -0.39 is 17.9 Å². The molecule has 1 saturated heterocycles. The minimum absolute atomic E-state index is 0.0884. The van der Waals surface area contributed by atoms with Crippen molar-refractivity contribution >= 4 is 33.4 Å². The number of carbonyl (C=O) groups is 2. The minimum Gasteiger partial charge on any atom is -0.388 e. The Bertz CT molecular complexity index is 838. The van der Waals surface area contributed by atoms with E-state index >= 15 is 0 Å². The van der Waals surface area contributed by atoms with Crippen LogP contribution in [-0.4, -0.2) is 34.9 Å². The molecular weight excluding hydrogens is 420 g/mol. The van der Waals surface area contributed by atoms with Gasteiger partial charge >= 0.3 is 11.8 Å². The number of aliphatic hydroxyl groups is 1. The van der Waals surface area contributed by atoms with Gasteiger partial charge in [0.15, 0.2) is 0 Å².